The van der Waals surface area contributed by atoms with Gasteiger partial charge in [0.15, 0.2) is 0 Å². The Balaban J connectivity index is 1.98. The van der Waals surface area contributed by atoms with Gasteiger partial charge in [-0.1, -0.05) is 12.8 Å². The first-order chi connectivity index (χ1) is 6.72. The van der Waals surface area contributed by atoms with Gasteiger partial charge >= 0.3 is 0 Å². The highest BCUT2D eigenvalue weighted by Gasteiger charge is 2.55. The van der Waals surface area contributed by atoms with E-state index in [1.54, 1.807) is 0 Å². The lowest BCUT2D eigenvalue weighted by molar-refractivity contribution is -0.132. The Morgan fingerprint density at radius 1 is 1.29 bits per heavy atom. The number of rotatable bonds is 1. The van der Waals surface area contributed by atoms with Crippen LogP contribution in [0.3, 0.4) is 0 Å². The van der Waals surface area contributed by atoms with E-state index in [0.717, 1.165) is 17.8 Å². The Morgan fingerprint density at radius 2 is 2.14 bits per heavy atom. The molecule has 3 aliphatic rings. The van der Waals surface area contributed by atoms with Gasteiger partial charge in [0.25, 0.3) is 0 Å². The highest BCUT2D eigenvalue weighted by Crippen LogP contribution is 2.61. The second-order valence-electron chi connectivity index (χ2n) is 5.85. The van der Waals surface area contributed by atoms with E-state index in [1.165, 1.54) is 44.9 Å². The molecule has 0 aromatic rings. The largest absolute Gasteiger partial charge is 0.299 e. The molecule has 4 atom stereocenters. The van der Waals surface area contributed by atoms with Crippen molar-refractivity contribution in [2.24, 2.45) is 23.2 Å². The molecule has 0 aliphatic heterocycles. The highest BCUT2D eigenvalue weighted by molar-refractivity contribution is 5.83. The van der Waals surface area contributed by atoms with Crippen LogP contribution in [-0.2, 0) is 4.79 Å². The molecule has 2 bridgehead atoms. The van der Waals surface area contributed by atoms with Crippen LogP contribution in [0.2, 0.25) is 0 Å². The van der Waals surface area contributed by atoms with Gasteiger partial charge in [-0.25, -0.2) is 0 Å². The molecule has 1 nitrogen and oxygen atoms in total. The first-order valence-corrected chi connectivity index (χ1v) is 6.23. The third kappa shape index (κ3) is 0.988. The molecule has 0 radical (unpaired) electrons. The van der Waals surface area contributed by atoms with Gasteiger partial charge < -0.3 is 0 Å². The maximum absolute atomic E-state index is 11.9. The van der Waals surface area contributed by atoms with Crippen molar-refractivity contribution in [1.29, 1.82) is 0 Å². The van der Waals surface area contributed by atoms with Crippen LogP contribution in [0.4, 0.5) is 0 Å². The lowest BCUT2D eigenvalue weighted by Crippen LogP contribution is -2.40. The highest BCUT2D eigenvalue weighted by atomic mass is 16.1. The van der Waals surface area contributed by atoms with Crippen LogP contribution < -0.4 is 0 Å². The van der Waals surface area contributed by atoms with Crippen molar-refractivity contribution in [1.82, 2.24) is 0 Å². The van der Waals surface area contributed by atoms with Crippen molar-refractivity contribution in [2.45, 2.75) is 51.9 Å². The number of carbonyl (C=O) groups is 1. The second-order valence-corrected chi connectivity index (χ2v) is 5.85. The molecule has 14 heavy (non-hydrogen) atoms. The van der Waals surface area contributed by atoms with E-state index >= 15 is 0 Å². The van der Waals surface area contributed by atoms with Crippen LogP contribution in [0.1, 0.15) is 51.9 Å². The van der Waals surface area contributed by atoms with Crippen LogP contribution in [0.5, 0.6) is 0 Å². The van der Waals surface area contributed by atoms with Crippen LogP contribution in [0.25, 0.3) is 0 Å². The van der Waals surface area contributed by atoms with Crippen molar-refractivity contribution in [2.75, 3.05) is 0 Å². The fourth-order valence-electron chi connectivity index (χ4n) is 4.80. The summed E-state index contributed by atoms with van der Waals surface area (Å²) < 4.78 is 0. The number of fused-ring (bicyclic) bond motifs is 4. The lowest BCUT2D eigenvalue weighted by atomic mass is 9.61. The molecule has 3 rings (SSSR count). The van der Waals surface area contributed by atoms with Gasteiger partial charge in [0.1, 0.15) is 5.78 Å². The van der Waals surface area contributed by atoms with E-state index in [4.69, 9.17) is 0 Å². The molecule has 78 valence electrons. The molecular formula is C13H20O. The summed E-state index contributed by atoms with van der Waals surface area (Å²) in [5.41, 5.74) is 0.157. The van der Waals surface area contributed by atoms with E-state index in [2.05, 4.69) is 0 Å². The monoisotopic (exact) mass is 192 g/mol. The fourth-order valence-corrected chi connectivity index (χ4v) is 4.80. The van der Waals surface area contributed by atoms with E-state index in [9.17, 15) is 4.79 Å². The van der Waals surface area contributed by atoms with Crippen molar-refractivity contribution in [3.8, 4) is 0 Å². The zero-order valence-corrected chi connectivity index (χ0v) is 9.09. The maximum atomic E-state index is 11.9. The number of Topliss-reactive ketones (excluding diaryl/α,β-unsaturated/α-hetero) is 1. The molecule has 0 spiro atoms. The summed E-state index contributed by atoms with van der Waals surface area (Å²) in [5.74, 6) is 3.11. The minimum Gasteiger partial charge on any atom is -0.299 e. The van der Waals surface area contributed by atoms with Crippen molar-refractivity contribution in [3.63, 3.8) is 0 Å². The average Bonchev–Trinajstić information content (AvgIpc) is 2.72. The molecule has 0 heterocycles. The van der Waals surface area contributed by atoms with Gasteiger partial charge in [0.2, 0.25) is 0 Å². The van der Waals surface area contributed by atoms with Gasteiger partial charge in [0, 0.05) is 5.41 Å². The summed E-state index contributed by atoms with van der Waals surface area (Å²) >= 11 is 0. The van der Waals surface area contributed by atoms with Gasteiger partial charge in [-0.15, -0.1) is 0 Å². The van der Waals surface area contributed by atoms with Crippen molar-refractivity contribution in [3.05, 3.63) is 0 Å². The molecule has 3 aliphatic carbocycles. The predicted molar refractivity (Wildman–Crippen MR) is 55.9 cm³/mol. The number of carbonyl (C=O) groups excluding carboxylic acids is 1. The summed E-state index contributed by atoms with van der Waals surface area (Å²) in [4.78, 5) is 11.9. The molecule has 0 amide bonds. The third-order valence-corrected chi connectivity index (χ3v) is 5.35. The Bertz CT molecular complexity index is 270. The molecule has 0 aromatic carbocycles. The molecule has 0 saturated heterocycles. The van der Waals surface area contributed by atoms with Gasteiger partial charge in [0.05, 0.1) is 0 Å². The summed E-state index contributed by atoms with van der Waals surface area (Å²) in [6.45, 7) is 1.85. The smallest absolute Gasteiger partial charge is 0.136 e. The first-order valence-electron chi connectivity index (χ1n) is 6.23. The molecule has 3 fully saturated rings. The SMILES string of the molecule is CC(=O)C12CCCC1C1CCC(C1)C2. The minimum absolute atomic E-state index is 0.157. The van der Waals surface area contributed by atoms with Gasteiger partial charge in [-0.05, 0) is 56.8 Å². The minimum atomic E-state index is 0.157. The topological polar surface area (TPSA) is 17.1 Å². The van der Waals surface area contributed by atoms with E-state index in [-0.39, 0.29) is 5.41 Å². The van der Waals surface area contributed by atoms with Gasteiger partial charge in [-0.2, -0.15) is 0 Å². The second kappa shape index (κ2) is 2.84. The average molecular weight is 192 g/mol. The lowest BCUT2D eigenvalue weighted by Gasteiger charge is -2.41. The normalized spacial score (nSPS) is 50.5. The summed E-state index contributed by atoms with van der Waals surface area (Å²) in [5, 5.41) is 0. The maximum Gasteiger partial charge on any atom is 0.136 e. The molecule has 4 unspecified atom stereocenters. The molecule has 3 saturated carbocycles. The zero-order valence-electron chi connectivity index (χ0n) is 9.09. The van der Waals surface area contributed by atoms with Crippen LogP contribution >= 0.6 is 0 Å². The Hall–Kier alpha value is -0.330. The standard InChI is InChI=1S/C13H20O/c1-9(14)13-6-2-3-12(13)11-5-4-10(7-11)8-13/h10-12H,2-8H2,1H3. The number of ketones is 1. The Morgan fingerprint density at radius 3 is 2.93 bits per heavy atom. The van der Waals surface area contributed by atoms with Crippen LogP contribution in [-0.4, -0.2) is 5.78 Å². The molecule has 0 aromatic heterocycles. The van der Waals surface area contributed by atoms with E-state index < -0.39 is 0 Å². The first kappa shape index (κ1) is 8.94. The van der Waals surface area contributed by atoms with Crippen LogP contribution in [0.15, 0.2) is 0 Å². The van der Waals surface area contributed by atoms with E-state index in [1.807, 2.05) is 6.92 Å². The van der Waals surface area contributed by atoms with Crippen LogP contribution in [0, 0.1) is 23.2 Å². The number of hydrogen-bond donors (Lipinski definition) is 0. The summed E-state index contributed by atoms with van der Waals surface area (Å²) in [6, 6.07) is 0. The molecular weight excluding hydrogens is 172 g/mol. The Labute approximate surface area is 86.3 Å². The summed E-state index contributed by atoms with van der Waals surface area (Å²) in [6.07, 6.45) is 9.38. The zero-order chi connectivity index (χ0) is 9.76. The fraction of sp³-hybridized carbons (Fsp3) is 0.923. The Kier molecular flexibility index (Phi) is 1.81. The van der Waals surface area contributed by atoms with Gasteiger partial charge in [-0.3, -0.25) is 4.79 Å². The van der Waals surface area contributed by atoms with Crippen molar-refractivity contribution < 1.29 is 4.79 Å². The number of hydrogen-bond acceptors (Lipinski definition) is 1. The summed E-state index contributed by atoms with van der Waals surface area (Å²) in [7, 11) is 0. The third-order valence-electron chi connectivity index (χ3n) is 5.35. The molecule has 0 N–H and O–H groups in total. The molecule has 1 heteroatoms. The van der Waals surface area contributed by atoms with E-state index in [0.29, 0.717) is 5.78 Å². The van der Waals surface area contributed by atoms with Crippen molar-refractivity contribution >= 4 is 5.78 Å². The predicted octanol–water partition coefficient (Wildman–Crippen LogP) is 3.18. The quantitative estimate of drug-likeness (QED) is 0.623.